The van der Waals surface area contributed by atoms with Crippen molar-refractivity contribution in [2.24, 2.45) is 11.8 Å². The van der Waals surface area contributed by atoms with Crippen LogP contribution in [0.15, 0.2) is 0 Å². The molecule has 5 nitrogen and oxygen atoms in total. The van der Waals surface area contributed by atoms with Gasteiger partial charge in [-0.15, -0.1) is 0 Å². The summed E-state index contributed by atoms with van der Waals surface area (Å²) in [4.78, 5) is 22.7. The zero-order valence-corrected chi connectivity index (χ0v) is 7.66. The number of rotatable bonds is 2. The molecule has 2 N–H and O–H groups in total. The summed E-state index contributed by atoms with van der Waals surface area (Å²) in [6.07, 6.45) is 2.75. The molecule has 3 atom stereocenters. The van der Waals surface area contributed by atoms with Crippen LogP contribution in [0.3, 0.4) is 0 Å². The van der Waals surface area contributed by atoms with Crippen molar-refractivity contribution in [3.63, 3.8) is 0 Å². The summed E-state index contributed by atoms with van der Waals surface area (Å²) in [5.74, 6) is -0.490. The molecule has 2 fully saturated rings. The van der Waals surface area contributed by atoms with E-state index in [-0.39, 0.29) is 17.7 Å². The summed E-state index contributed by atoms with van der Waals surface area (Å²) in [6, 6.07) is -0.531. The van der Waals surface area contributed by atoms with E-state index in [2.05, 4.69) is 9.97 Å². The van der Waals surface area contributed by atoms with Crippen molar-refractivity contribution in [1.82, 2.24) is 5.32 Å². The second kappa shape index (κ2) is 3.51. The van der Waals surface area contributed by atoms with Gasteiger partial charge in [0.15, 0.2) is 0 Å². The molecule has 0 spiro atoms. The van der Waals surface area contributed by atoms with Gasteiger partial charge in [-0.2, -0.15) is 0 Å². The van der Waals surface area contributed by atoms with Crippen LogP contribution in [0.2, 0.25) is 0 Å². The molecule has 74 valence electrons. The van der Waals surface area contributed by atoms with Crippen LogP contribution < -0.4 is 5.32 Å². The van der Waals surface area contributed by atoms with Crippen LogP contribution in [0.5, 0.6) is 0 Å². The average molecular weight is 194 g/mol. The van der Waals surface area contributed by atoms with E-state index in [4.69, 9.17) is 5.31 Å². The van der Waals surface area contributed by atoms with E-state index >= 15 is 0 Å². The number of hydrogen-bond donors (Lipinski definition) is 2. The Morgan fingerprint density at radius 1 is 1.57 bits per heavy atom. The third-order valence-electron chi connectivity index (χ3n) is 3.06. The maximum absolute atomic E-state index is 11.4. The van der Waals surface area contributed by atoms with Crippen LogP contribution in [-0.4, -0.2) is 25.2 Å². The molecule has 0 aromatic rings. The molecule has 6 heteroatoms. The Hall–Kier alpha value is -1.20. The Morgan fingerprint density at radius 3 is 3.07 bits per heavy atom. The molecule has 0 aromatic heterocycles. The molecule has 0 aromatic carbocycles. The monoisotopic (exact) mass is 194 g/mol. The molecule has 14 heavy (non-hydrogen) atoms. The molecule has 0 radical (unpaired) electrons. The van der Waals surface area contributed by atoms with Crippen molar-refractivity contribution in [2.75, 3.05) is 0 Å². The molecule has 1 amide bonds. The molecule has 0 bridgehead atoms. The summed E-state index contributed by atoms with van der Waals surface area (Å²) in [5.41, 5.74) is 0. The summed E-state index contributed by atoms with van der Waals surface area (Å²) in [6.45, 7) is 0. The zero-order chi connectivity index (χ0) is 10.1. The van der Waals surface area contributed by atoms with E-state index in [1.165, 1.54) is 0 Å². The SMILES string of the molecule is N=BOC(=O)[C@H]1NC(=O)[C@@H]2CCC[C@H]12. The van der Waals surface area contributed by atoms with Gasteiger partial charge in [0.2, 0.25) is 0 Å². The van der Waals surface area contributed by atoms with Crippen molar-refractivity contribution in [1.29, 1.82) is 5.31 Å². The van der Waals surface area contributed by atoms with Gasteiger partial charge in [-0.1, -0.05) is 0 Å². The Morgan fingerprint density at radius 2 is 2.36 bits per heavy atom. The van der Waals surface area contributed by atoms with E-state index in [0.29, 0.717) is 7.27 Å². The zero-order valence-electron chi connectivity index (χ0n) is 7.66. The Kier molecular flexibility index (Phi) is 2.35. The topological polar surface area (TPSA) is 79.2 Å². The molecule has 1 heterocycles. The van der Waals surface area contributed by atoms with Crippen LogP contribution in [0.1, 0.15) is 19.3 Å². The van der Waals surface area contributed by atoms with Gasteiger partial charge < -0.3 is 0 Å². The number of carbonyl (C=O) groups is 2. The predicted octanol–water partition coefficient (Wildman–Crippen LogP) is -0.174. The molecule has 2 aliphatic rings. The Labute approximate surface area is 82.0 Å². The van der Waals surface area contributed by atoms with Crippen LogP contribution in [0, 0.1) is 17.1 Å². The fourth-order valence-corrected chi connectivity index (χ4v) is 2.45. The quantitative estimate of drug-likeness (QED) is 0.598. The van der Waals surface area contributed by atoms with Gasteiger partial charge >= 0.3 is 81.2 Å². The van der Waals surface area contributed by atoms with Crippen LogP contribution in [0.25, 0.3) is 0 Å². The van der Waals surface area contributed by atoms with Crippen molar-refractivity contribution in [3.05, 3.63) is 0 Å². The van der Waals surface area contributed by atoms with E-state index in [9.17, 15) is 9.59 Å². The van der Waals surface area contributed by atoms with Gasteiger partial charge in [0.1, 0.15) is 0 Å². The van der Waals surface area contributed by atoms with Gasteiger partial charge in [-0.05, 0) is 0 Å². The van der Waals surface area contributed by atoms with Gasteiger partial charge in [0.25, 0.3) is 0 Å². The van der Waals surface area contributed by atoms with Crippen molar-refractivity contribution >= 4 is 19.2 Å². The number of fused-ring (bicyclic) bond motifs is 1. The molecule has 1 saturated carbocycles. The molecule has 2 rings (SSSR count). The summed E-state index contributed by atoms with van der Waals surface area (Å²) in [5, 5.41) is 9.28. The van der Waals surface area contributed by atoms with Crippen LogP contribution in [-0.2, 0) is 14.2 Å². The maximum atomic E-state index is 11.4. The molecular formula is C8H11BN2O3. The standard InChI is InChI=1S/C8H11BN2O3/c10-9-14-8(13)6-4-2-1-3-5(4)7(12)11-6/h4-6,10H,1-3H2,(H,11,12)/t4-,5+,6-/m0/s1. The van der Waals surface area contributed by atoms with Gasteiger partial charge in [-0.3, -0.25) is 0 Å². The average Bonchev–Trinajstić information content (AvgIpc) is 2.70. The fraction of sp³-hybridized carbons (Fsp3) is 0.750. The first-order valence-electron chi connectivity index (χ1n) is 4.74. The molecule has 1 aliphatic heterocycles. The minimum absolute atomic E-state index is 0.0155. The van der Waals surface area contributed by atoms with E-state index in [1.807, 2.05) is 0 Å². The third-order valence-corrected chi connectivity index (χ3v) is 3.06. The molecular weight excluding hydrogens is 183 g/mol. The normalized spacial score (nSPS) is 34.6. The summed E-state index contributed by atoms with van der Waals surface area (Å²) in [7, 11) is 0.608. The van der Waals surface area contributed by atoms with Crippen LogP contribution in [0.4, 0.5) is 0 Å². The van der Waals surface area contributed by atoms with E-state index < -0.39 is 12.0 Å². The minimum atomic E-state index is -0.531. The first kappa shape index (κ1) is 9.36. The summed E-state index contributed by atoms with van der Waals surface area (Å²) < 4.78 is 4.47. The van der Waals surface area contributed by atoms with Crippen LogP contribution >= 0.6 is 0 Å². The van der Waals surface area contributed by atoms with Crippen molar-refractivity contribution in [3.8, 4) is 0 Å². The number of hydrogen-bond acceptors (Lipinski definition) is 4. The Balaban J connectivity index is 2.10. The first-order chi connectivity index (χ1) is 6.74. The van der Waals surface area contributed by atoms with E-state index in [1.54, 1.807) is 0 Å². The van der Waals surface area contributed by atoms with E-state index in [0.717, 1.165) is 19.3 Å². The Bertz CT molecular complexity index is 294. The number of carbonyl (C=O) groups excluding carboxylic acids is 2. The van der Waals surface area contributed by atoms with Crippen molar-refractivity contribution < 1.29 is 14.2 Å². The van der Waals surface area contributed by atoms with Gasteiger partial charge in [0.05, 0.1) is 0 Å². The second-order valence-electron chi connectivity index (χ2n) is 3.74. The molecule has 1 aliphatic carbocycles. The fourth-order valence-electron chi connectivity index (χ4n) is 2.45. The van der Waals surface area contributed by atoms with Gasteiger partial charge in [-0.25, -0.2) is 0 Å². The van der Waals surface area contributed by atoms with Gasteiger partial charge in [0, 0.05) is 0 Å². The number of nitrogens with one attached hydrogen (secondary N) is 2. The van der Waals surface area contributed by atoms with Crippen molar-refractivity contribution in [2.45, 2.75) is 25.3 Å². The number of amides is 1. The first-order valence-corrected chi connectivity index (χ1v) is 4.74. The molecule has 1 saturated heterocycles. The third kappa shape index (κ3) is 1.34. The second-order valence-corrected chi connectivity index (χ2v) is 3.74. The summed E-state index contributed by atoms with van der Waals surface area (Å²) >= 11 is 0. The predicted molar refractivity (Wildman–Crippen MR) is 47.3 cm³/mol. The molecule has 0 unspecified atom stereocenters.